The van der Waals surface area contributed by atoms with E-state index in [9.17, 15) is 9.59 Å². The average molecular weight is 530 g/mol. The smallest absolute Gasteiger partial charge is 0.238 e. The van der Waals surface area contributed by atoms with Gasteiger partial charge in [0.2, 0.25) is 11.8 Å². The summed E-state index contributed by atoms with van der Waals surface area (Å²) in [6, 6.07) is 7.95. The Hall–Kier alpha value is -1.88. The number of hydrogen-bond acceptors (Lipinski definition) is 4. The summed E-state index contributed by atoms with van der Waals surface area (Å²) in [5, 5.41) is 9.61. The zero-order valence-electron chi connectivity index (χ0n) is 18.6. The number of guanidine groups is 1. The van der Waals surface area contributed by atoms with Gasteiger partial charge >= 0.3 is 0 Å². The lowest BCUT2D eigenvalue weighted by Gasteiger charge is -2.20. The minimum Gasteiger partial charge on any atom is -0.352 e. The summed E-state index contributed by atoms with van der Waals surface area (Å²) in [5.74, 6) is 0.886. The van der Waals surface area contributed by atoms with Crippen molar-refractivity contribution in [2.24, 2.45) is 10.9 Å². The van der Waals surface area contributed by atoms with Crippen LogP contribution in [0.3, 0.4) is 0 Å². The highest BCUT2D eigenvalue weighted by molar-refractivity contribution is 14.0. The van der Waals surface area contributed by atoms with Crippen molar-refractivity contribution in [3.63, 3.8) is 0 Å². The van der Waals surface area contributed by atoms with Crippen LogP contribution >= 0.6 is 24.0 Å². The maximum atomic E-state index is 12.1. The van der Waals surface area contributed by atoms with Gasteiger partial charge in [-0.1, -0.05) is 26.0 Å². The minimum absolute atomic E-state index is 0. The van der Waals surface area contributed by atoms with E-state index in [1.807, 2.05) is 62.0 Å². The predicted molar refractivity (Wildman–Crippen MR) is 132 cm³/mol. The van der Waals surface area contributed by atoms with E-state index in [1.165, 1.54) is 0 Å². The third-order valence-corrected chi connectivity index (χ3v) is 4.69. The van der Waals surface area contributed by atoms with Crippen LogP contribution in [-0.4, -0.2) is 74.4 Å². The molecule has 30 heavy (non-hydrogen) atoms. The van der Waals surface area contributed by atoms with Crippen molar-refractivity contribution in [3.05, 3.63) is 29.8 Å². The van der Waals surface area contributed by atoms with Crippen LogP contribution in [0.1, 0.15) is 25.8 Å². The molecule has 0 spiro atoms. The summed E-state index contributed by atoms with van der Waals surface area (Å²) in [6.45, 7) is 6.27. The first-order valence-corrected chi connectivity index (χ1v) is 10.1. The van der Waals surface area contributed by atoms with Gasteiger partial charge in [0, 0.05) is 44.3 Å². The molecule has 1 aromatic carbocycles. The first-order chi connectivity index (χ1) is 13.8. The lowest BCUT2D eigenvalue weighted by molar-refractivity contribution is -0.133. The number of nitrogens with one attached hydrogen (secondary N) is 3. The maximum Gasteiger partial charge on any atom is 0.238 e. The van der Waals surface area contributed by atoms with E-state index in [-0.39, 0.29) is 47.8 Å². The highest BCUT2D eigenvalue weighted by Gasteiger charge is 2.27. The molecule has 2 rings (SSSR count). The van der Waals surface area contributed by atoms with Crippen LogP contribution in [0.4, 0.5) is 5.69 Å². The number of likely N-dealkylation sites (tertiary alicyclic amines) is 1. The van der Waals surface area contributed by atoms with Crippen LogP contribution in [0.5, 0.6) is 0 Å². The quantitative estimate of drug-likeness (QED) is 0.284. The van der Waals surface area contributed by atoms with Crippen molar-refractivity contribution in [2.75, 3.05) is 46.1 Å². The molecule has 1 aromatic rings. The van der Waals surface area contributed by atoms with Crippen molar-refractivity contribution in [1.29, 1.82) is 0 Å². The predicted octanol–water partition coefficient (Wildman–Crippen LogP) is 1.73. The lowest BCUT2D eigenvalue weighted by atomic mass is 10.2. The molecule has 1 aliphatic rings. The second-order valence-electron chi connectivity index (χ2n) is 7.98. The standard InChI is InChI=1S/C21H34N6O2.HI/c1-15(2)20(29)27-10-9-18(13-27)25-21(22-3)23-12-16-7-6-8-17(11-16)24-19(28)14-26(4)5;/h6-8,11,15,18H,9-10,12-14H2,1-5H3,(H,24,28)(H2,22,23,25);1H. The molecule has 9 heteroatoms. The van der Waals surface area contributed by atoms with E-state index in [1.54, 1.807) is 7.05 Å². The van der Waals surface area contributed by atoms with E-state index < -0.39 is 0 Å². The molecule has 2 amide bonds. The number of carbonyl (C=O) groups excluding carboxylic acids is 2. The molecular weight excluding hydrogens is 495 g/mol. The molecule has 1 unspecified atom stereocenters. The van der Waals surface area contributed by atoms with Crippen LogP contribution in [0.15, 0.2) is 29.3 Å². The van der Waals surface area contributed by atoms with E-state index in [0.717, 1.165) is 24.2 Å². The molecule has 1 atom stereocenters. The Morgan fingerprint density at radius 2 is 2.03 bits per heavy atom. The van der Waals surface area contributed by atoms with E-state index in [2.05, 4.69) is 20.9 Å². The number of nitrogens with zero attached hydrogens (tertiary/aromatic N) is 3. The zero-order valence-corrected chi connectivity index (χ0v) is 20.9. The molecule has 8 nitrogen and oxygen atoms in total. The van der Waals surface area contributed by atoms with Crippen molar-refractivity contribution >= 4 is 47.4 Å². The van der Waals surface area contributed by atoms with Gasteiger partial charge < -0.3 is 25.8 Å². The van der Waals surface area contributed by atoms with Crippen LogP contribution in [0.2, 0.25) is 0 Å². The van der Waals surface area contributed by atoms with Gasteiger partial charge in [0.15, 0.2) is 5.96 Å². The molecule has 0 aliphatic carbocycles. The van der Waals surface area contributed by atoms with Crippen LogP contribution in [0, 0.1) is 5.92 Å². The minimum atomic E-state index is -0.0423. The van der Waals surface area contributed by atoms with E-state index >= 15 is 0 Å². The molecule has 1 fully saturated rings. The fourth-order valence-electron chi connectivity index (χ4n) is 3.26. The van der Waals surface area contributed by atoms with Crippen molar-refractivity contribution in [3.8, 4) is 0 Å². The Labute approximate surface area is 196 Å². The molecule has 1 heterocycles. The van der Waals surface area contributed by atoms with Crippen LogP contribution < -0.4 is 16.0 Å². The lowest BCUT2D eigenvalue weighted by Crippen LogP contribution is -2.45. The second-order valence-corrected chi connectivity index (χ2v) is 7.98. The number of anilines is 1. The summed E-state index contributed by atoms with van der Waals surface area (Å²) in [7, 11) is 5.46. The van der Waals surface area contributed by atoms with Crippen molar-refractivity contribution in [2.45, 2.75) is 32.9 Å². The summed E-state index contributed by atoms with van der Waals surface area (Å²) in [6.07, 6.45) is 0.909. The summed E-state index contributed by atoms with van der Waals surface area (Å²) in [5.41, 5.74) is 1.82. The zero-order chi connectivity index (χ0) is 21.4. The molecule has 1 aliphatic heterocycles. The van der Waals surface area contributed by atoms with Gasteiger partial charge in [-0.2, -0.15) is 0 Å². The highest BCUT2D eigenvalue weighted by atomic mass is 127. The third kappa shape index (κ3) is 8.47. The Bertz CT molecular complexity index is 738. The number of hydrogen-bond donors (Lipinski definition) is 3. The average Bonchev–Trinajstić information content (AvgIpc) is 3.12. The van der Waals surface area contributed by atoms with Crippen molar-refractivity contribution in [1.82, 2.24) is 20.4 Å². The van der Waals surface area contributed by atoms with E-state index in [4.69, 9.17) is 0 Å². The number of rotatable bonds is 7. The Kier molecular flexibility index (Phi) is 11.1. The first-order valence-electron chi connectivity index (χ1n) is 10.1. The molecule has 1 saturated heterocycles. The molecule has 0 aromatic heterocycles. The van der Waals surface area contributed by atoms with Gasteiger partial charge in [-0.05, 0) is 38.2 Å². The van der Waals surface area contributed by atoms with Gasteiger partial charge in [0.25, 0.3) is 0 Å². The monoisotopic (exact) mass is 530 g/mol. The van der Waals surface area contributed by atoms with Crippen molar-refractivity contribution < 1.29 is 9.59 Å². The SMILES string of the molecule is CN=C(NCc1cccc(NC(=O)CN(C)C)c1)NC1CCN(C(=O)C(C)C)C1.I. The molecule has 3 N–H and O–H groups in total. The number of halogens is 1. The normalized spacial score (nSPS) is 16.4. The van der Waals surface area contributed by atoms with Gasteiger partial charge in [-0.25, -0.2) is 0 Å². The maximum absolute atomic E-state index is 12.1. The third-order valence-electron chi connectivity index (χ3n) is 4.69. The Morgan fingerprint density at radius 1 is 1.30 bits per heavy atom. The number of likely N-dealkylation sites (N-methyl/N-ethyl adjacent to an activating group) is 1. The van der Waals surface area contributed by atoms with Gasteiger partial charge in [-0.3, -0.25) is 14.6 Å². The fraction of sp³-hybridized carbons (Fsp3) is 0.571. The topological polar surface area (TPSA) is 89.1 Å². The van der Waals surface area contributed by atoms with Gasteiger partial charge in [-0.15, -0.1) is 24.0 Å². The summed E-state index contributed by atoms with van der Waals surface area (Å²) in [4.78, 5) is 32.1. The molecule has 0 saturated carbocycles. The number of amides is 2. The van der Waals surface area contributed by atoms with Crippen LogP contribution in [-0.2, 0) is 16.1 Å². The Balaban J connectivity index is 0.00000450. The Morgan fingerprint density at radius 3 is 2.67 bits per heavy atom. The van der Waals surface area contributed by atoms with Crippen LogP contribution in [0.25, 0.3) is 0 Å². The number of aliphatic imine (C=N–C) groups is 1. The molecule has 0 radical (unpaired) electrons. The summed E-state index contributed by atoms with van der Waals surface area (Å²) < 4.78 is 0. The largest absolute Gasteiger partial charge is 0.352 e. The molecule has 168 valence electrons. The second kappa shape index (κ2) is 12.7. The van der Waals surface area contributed by atoms with Gasteiger partial charge in [0.05, 0.1) is 6.54 Å². The fourth-order valence-corrected chi connectivity index (χ4v) is 3.26. The number of carbonyl (C=O) groups is 2. The molecule has 0 bridgehead atoms. The summed E-state index contributed by atoms with van der Waals surface area (Å²) >= 11 is 0. The highest BCUT2D eigenvalue weighted by Crippen LogP contribution is 2.13. The first kappa shape index (κ1) is 26.2. The van der Waals surface area contributed by atoms with Gasteiger partial charge in [0.1, 0.15) is 0 Å². The van der Waals surface area contributed by atoms with E-state index in [0.29, 0.717) is 25.6 Å². The molecular formula is C21H35IN6O2. The number of benzene rings is 1.